The van der Waals surface area contributed by atoms with Crippen molar-refractivity contribution < 1.29 is 4.74 Å². The zero-order valence-corrected chi connectivity index (χ0v) is 17.2. The molecule has 0 N–H and O–H groups in total. The molecule has 148 valence electrons. The molecule has 0 unspecified atom stereocenters. The topological polar surface area (TPSA) is 9.23 Å². The average Bonchev–Trinajstić information content (AvgIpc) is 2.74. The second-order valence-electron chi connectivity index (χ2n) is 8.66. The van der Waals surface area contributed by atoms with Crippen LogP contribution in [0.1, 0.15) is 81.8 Å². The highest BCUT2D eigenvalue weighted by molar-refractivity contribution is 5.25. The van der Waals surface area contributed by atoms with Crippen molar-refractivity contribution in [1.82, 2.24) is 0 Å². The average molecular weight is 367 g/mol. The highest BCUT2D eigenvalue weighted by Crippen LogP contribution is 2.44. The van der Waals surface area contributed by atoms with Crippen molar-refractivity contribution >= 4 is 0 Å². The van der Waals surface area contributed by atoms with E-state index in [0.717, 1.165) is 30.1 Å². The molecule has 0 amide bonds. The molecule has 2 aliphatic carbocycles. The first-order chi connectivity index (χ1) is 13.3. The van der Waals surface area contributed by atoms with Gasteiger partial charge in [-0.15, -0.1) is 6.58 Å². The van der Waals surface area contributed by atoms with E-state index in [2.05, 4.69) is 56.0 Å². The Hall–Kier alpha value is -1.34. The lowest BCUT2D eigenvalue weighted by molar-refractivity contribution is 0.148. The molecule has 27 heavy (non-hydrogen) atoms. The molecule has 0 radical (unpaired) electrons. The van der Waals surface area contributed by atoms with Crippen LogP contribution in [0.4, 0.5) is 0 Å². The fourth-order valence-electron chi connectivity index (χ4n) is 5.14. The molecule has 1 aromatic rings. The molecule has 2 saturated carbocycles. The van der Waals surface area contributed by atoms with Crippen LogP contribution in [0.2, 0.25) is 0 Å². The minimum absolute atomic E-state index is 0.717. The maximum atomic E-state index is 5.71. The minimum Gasteiger partial charge on any atom is -0.373 e. The summed E-state index contributed by atoms with van der Waals surface area (Å²) in [5.74, 6) is 3.54. The summed E-state index contributed by atoms with van der Waals surface area (Å²) in [5, 5.41) is 0. The van der Waals surface area contributed by atoms with Gasteiger partial charge in [-0.1, -0.05) is 49.4 Å². The summed E-state index contributed by atoms with van der Waals surface area (Å²) in [5.41, 5.74) is 2.83. The van der Waals surface area contributed by atoms with Gasteiger partial charge in [0.05, 0.1) is 13.2 Å². The molecule has 3 rings (SSSR count). The summed E-state index contributed by atoms with van der Waals surface area (Å²) < 4.78 is 5.71. The maximum Gasteiger partial charge on any atom is 0.0721 e. The van der Waals surface area contributed by atoms with Crippen molar-refractivity contribution in [3.63, 3.8) is 0 Å². The van der Waals surface area contributed by atoms with Gasteiger partial charge in [-0.25, -0.2) is 0 Å². The van der Waals surface area contributed by atoms with E-state index in [-0.39, 0.29) is 0 Å². The van der Waals surface area contributed by atoms with Gasteiger partial charge in [0.1, 0.15) is 0 Å². The molecule has 0 spiro atoms. The van der Waals surface area contributed by atoms with E-state index in [0.29, 0.717) is 13.2 Å². The van der Waals surface area contributed by atoms with E-state index >= 15 is 0 Å². The molecule has 0 aliphatic heterocycles. The fourth-order valence-corrected chi connectivity index (χ4v) is 5.14. The Kier molecular flexibility index (Phi) is 8.20. The smallest absolute Gasteiger partial charge is 0.0721 e. The van der Waals surface area contributed by atoms with Gasteiger partial charge in [0.2, 0.25) is 0 Å². The third-order valence-electron chi connectivity index (χ3n) is 6.92. The number of rotatable bonds is 8. The summed E-state index contributed by atoms with van der Waals surface area (Å²) in [6.07, 6.45) is 18.8. The minimum atomic E-state index is 0.717. The second kappa shape index (κ2) is 10.9. The van der Waals surface area contributed by atoms with Crippen molar-refractivity contribution in [3.05, 3.63) is 60.2 Å². The van der Waals surface area contributed by atoms with Crippen LogP contribution in [-0.4, -0.2) is 6.61 Å². The third-order valence-corrected chi connectivity index (χ3v) is 6.92. The van der Waals surface area contributed by atoms with Crippen molar-refractivity contribution in [2.75, 3.05) is 6.61 Å². The van der Waals surface area contributed by atoms with Crippen LogP contribution < -0.4 is 0 Å². The van der Waals surface area contributed by atoms with Crippen LogP contribution in [0.3, 0.4) is 0 Å². The summed E-state index contributed by atoms with van der Waals surface area (Å²) in [6, 6.07) is 9.23. The molecule has 0 saturated heterocycles. The molecule has 0 heterocycles. The summed E-state index contributed by atoms with van der Waals surface area (Å²) in [4.78, 5) is 0. The van der Waals surface area contributed by atoms with E-state index in [1.54, 1.807) is 5.56 Å². The van der Waals surface area contributed by atoms with Crippen LogP contribution in [0.25, 0.3) is 0 Å². The summed E-state index contributed by atoms with van der Waals surface area (Å²) in [6.45, 7) is 7.57. The predicted molar refractivity (Wildman–Crippen MR) is 116 cm³/mol. The van der Waals surface area contributed by atoms with Crippen molar-refractivity contribution in [1.29, 1.82) is 0 Å². The fraction of sp³-hybridized carbons (Fsp3) is 0.615. The SMILES string of the molecule is C=CC1CCC(C2CCC(c3ccc(COCC=CCC)cc3)CC2)CC1. The van der Waals surface area contributed by atoms with Crippen LogP contribution in [-0.2, 0) is 11.3 Å². The van der Waals surface area contributed by atoms with E-state index < -0.39 is 0 Å². The Morgan fingerprint density at radius 3 is 2.11 bits per heavy atom. The van der Waals surface area contributed by atoms with Crippen molar-refractivity contribution in [2.24, 2.45) is 17.8 Å². The van der Waals surface area contributed by atoms with Crippen molar-refractivity contribution in [2.45, 2.75) is 77.2 Å². The van der Waals surface area contributed by atoms with Crippen LogP contribution in [0.5, 0.6) is 0 Å². The number of hydrogen-bond donors (Lipinski definition) is 0. The highest BCUT2D eigenvalue weighted by atomic mass is 16.5. The largest absolute Gasteiger partial charge is 0.373 e. The monoisotopic (exact) mass is 366 g/mol. The number of ether oxygens (including phenoxy) is 1. The van der Waals surface area contributed by atoms with Gasteiger partial charge < -0.3 is 4.74 Å². The van der Waals surface area contributed by atoms with Crippen LogP contribution in [0, 0.1) is 17.8 Å². The zero-order valence-electron chi connectivity index (χ0n) is 17.2. The molecular formula is C26H38O. The van der Waals surface area contributed by atoms with Gasteiger partial charge in [-0.3, -0.25) is 0 Å². The van der Waals surface area contributed by atoms with Crippen molar-refractivity contribution in [3.8, 4) is 0 Å². The summed E-state index contributed by atoms with van der Waals surface area (Å²) >= 11 is 0. The molecule has 0 atom stereocenters. The molecule has 2 aliphatic rings. The number of benzene rings is 1. The van der Waals surface area contributed by atoms with E-state index in [4.69, 9.17) is 4.74 Å². The predicted octanol–water partition coefficient (Wildman–Crippen LogP) is 7.44. The Bertz CT molecular complexity index is 569. The van der Waals surface area contributed by atoms with Gasteiger partial charge in [0.25, 0.3) is 0 Å². The first-order valence-electron chi connectivity index (χ1n) is 11.2. The number of allylic oxidation sites excluding steroid dienone is 2. The summed E-state index contributed by atoms with van der Waals surface area (Å²) in [7, 11) is 0. The Morgan fingerprint density at radius 1 is 0.889 bits per heavy atom. The third kappa shape index (κ3) is 6.07. The quantitative estimate of drug-likeness (QED) is 0.343. The zero-order chi connectivity index (χ0) is 18.9. The van der Waals surface area contributed by atoms with Gasteiger partial charge in [0, 0.05) is 0 Å². The van der Waals surface area contributed by atoms with E-state index in [1.807, 2.05) is 0 Å². The van der Waals surface area contributed by atoms with Gasteiger partial charge in [-0.2, -0.15) is 0 Å². The molecule has 1 aromatic carbocycles. The second-order valence-corrected chi connectivity index (χ2v) is 8.66. The van der Waals surface area contributed by atoms with E-state index in [1.165, 1.54) is 56.9 Å². The highest BCUT2D eigenvalue weighted by Gasteiger charge is 2.30. The van der Waals surface area contributed by atoms with Gasteiger partial charge in [-0.05, 0) is 92.6 Å². The first-order valence-corrected chi connectivity index (χ1v) is 11.2. The molecule has 0 aromatic heterocycles. The standard InChI is InChI=1S/C26H38O/c1-3-5-6-19-27-20-22-9-13-24(14-10-22)26-17-15-25(16-18-26)23-11-7-21(4-2)8-12-23/h4-6,9-10,13-14,21,23,25-26H,2-3,7-8,11-12,15-20H2,1H3. The Balaban J connectivity index is 1.41. The molecule has 1 nitrogen and oxygen atoms in total. The molecular weight excluding hydrogens is 328 g/mol. The lowest BCUT2D eigenvalue weighted by atomic mass is 9.68. The van der Waals surface area contributed by atoms with Crippen LogP contribution >= 0.6 is 0 Å². The number of hydrogen-bond acceptors (Lipinski definition) is 1. The lowest BCUT2D eigenvalue weighted by Crippen LogP contribution is -2.25. The normalized spacial score (nSPS) is 29.1. The molecule has 1 heteroatoms. The first kappa shape index (κ1) is 20.4. The lowest BCUT2D eigenvalue weighted by Gasteiger charge is -2.37. The Morgan fingerprint density at radius 2 is 1.52 bits per heavy atom. The van der Waals surface area contributed by atoms with Crippen LogP contribution in [0.15, 0.2) is 49.1 Å². The molecule has 0 bridgehead atoms. The maximum absolute atomic E-state index is 5.71. The Labute approximate surface area is 166 Å². The van der Waals surface area contributed by atoms with Gasteiger partial charge >= 0.3 is 0 Å². The molecule has 2 fully saturated rings. The van der Waals surface area contributed by atoms with E-state index in [9.17, 15) is 0 Å². The van der Waals surface area contributed by atoms with Gasteiger partial charge in [0.15, 0.2) is 0 Å².